The van der Waals surface area contributed by atoms with E-state index in [-0.39, 0.29) is 5.31 Å². The molecular formula is C17H35B. The minimum Gasteiger partial charge on any atom is -0.0875 e. The predicted octanol–water partition coefficient (Wildman–Crippen LogP) is 6.32. The summed E-state index contributed by atoms with van der Waals surface area (Å²) in [5.74, 6) is 3.02. The van der Waals surface area contributed by atoms with Crippen molar-refractivity contribution in [3.8, 4) is 0 Å². The lowest BCUT2D eigenvalue weighted by atomic mass is 9.21. The molecule has 0 aromatic carbocycles. The lowest BCUT2D eigenvalue weighted by Gasteiger charge is -2.41. The fraction of sp³-hybridized carbons (Fsp3) is 0.882. The van der Waals surface area contributed by atoms with Crippen LogP contribution in [0, 0.1) is 11.8 Å². The average Bonchev–Trinajstić information content (AvgIpc) is 2.14. The molecule has 0 radical (unpaired) electrons. The van der Waals surface area contributed by atoms with Crippen molar-refractivity contribution in [3.63, 3.8) is 0 Å². The predicted molar refractivity (Wildman–Crippen MR) is 87.8 cm³/mol. The first kappa shape index (κ1) is 17.8. The highest BCUT2D eigenvalue weighted by molar-refractivity contribution is 6.65. The van der Waals surface area contributed by atoms with E-state index >= 15 is 0 Å². The summed E-state index contributed by atoms with van der Waals surface area (Å²) in [5.41, 5.74) is 1.44. The third-order valence-electron chi connectivity index (χ3n) is 4.76. The molecule has 106 valence electrons. The van der Waals surface area contributed by atoms with Crippen LogP contribution in [0.3, 0.4) is 0 Å². The topological polar surface area (TPSA) is 0 Å². The van der Waals surface area contributed by atoms with Gasteiger partial charge in [-0.2, -0.15) is 0 Å². The minimum atomic E-state index is 0.284. The minimum absolute atomic E-state index is 0.284. The Hall–Kier alpha value is -0.195. The number of hydrogen-bond donors (Lipinski definition) is 0. The monoisotopic (exact) mass is 250 g/mol. The molecule has 2 atom stereocenters. The maximum atomic E-state index is 2.48. The fourth-order valence-corrected chi connectivity index (χ4v) is 3.50. The highest BCUT2D eigenvalue weighted by Gasteiger charge is 2.41. The van der Waals surface area contributed by atoms with E-state index in [4.69, 9.17) is 0 Å². The number of rotatable bonds is 6. The van der Waals surface area contributed by atoms with Crippen LogP contribution in [0.15, 0.2) is 11.6 Å². The zero-order valence-electron chi connectivity index (χ0n) is 14.5. The molecule has 0 bridgehead atoms. The summed E-state index contributed by atoms with van der Waals surface area (Å²) in [7, 11) is 0. The molecule has 18 heavy (non-hydrogen) atoms. The molecule has 0 amide bonds. The molecule has 0 saturated heterocycles. The number of allylic oxidation sites excluding steroid dienone is 2. The van der Waals surface area contributed by atoms with Gasteiger partial charge >= 0.3 is 0 Å². The van der Waals surface area contributed by atoms with Crippen LogP contribution in [-0.2, 0) is 0 Å². The van der Waals surface area contributed by atoms with Crippen LogP contribution in [0.2, 0.25) is 16.9 Å². The Kier molecular flexibility index (Phi) is 6.75. The molecule has 0 nitrogen and oxygen atoms in total. The van der Waals surface area contributed by atoms with Gasteiger partial charge in [0.25, 0.3) is 0 Å². The van der Waals surface area contributed by atoms with Crippen LogP contribution in [0.1, 0.15) is 69.2 Å². The van der Waals surface area contributed by atoms with Crippen LogP contribution in [0.4, 0.5) is 0 Å². The van der Waals surface area contributed by atoms with Gasteiger partial charge in [-0.05, 0) is 19.2 Å². The highest BCUT2D eigenvalue weighted by atomic mass is 14.2. The molecule has 0 aromatic rings. The molecule has 2 unspecified atom stereocenters. The van der Waals surface area contributed by atoms with Gasteiger partial charge in [0, 0.05) is 0 Å². The van der Waals surface area contributed by atoms with Crippen LogP contribution in [0.5, 0.6) is 0 Å². The third-order valence-corrected chi connectivity index (χ3v) is 4.76. The van der Waals surface area contributed by atoms with Crippen molar-refractivity contribution < 1.29 is 0 Å². The first-order chi connectivity index (χ1) is 8.00. The van der Waals surface area contributed by atoms with Crippen molar-refractivity contribution in [3.05, 3.63) is 11.6 Å². The van der Waals surface area contributed by atoms with Gasteiger partial charge in [-0.25, -0.2) is 0 Å². The van der Waals surface area contributed by atoms with Gasteiger partial charge < -0.3 is 0 Å². The Morgan fingerprint density at radius 2 is 1.17 bits per heavy atom. The molecule has 0 saturated carbocycles. The van der Waals surface area contributed by atoms with E-state index in [1.807, 2.05) is 0 Å². The van der Waals surface area contributed by atoms with Crippen LogP contribution in [-0.4, -0.2) is 6.71 Å². The zero-order valence-corrected chi connectivity index (χ0v) is 14.5. The van der Waals surface area contributed by atoms with Crippen molar-refractivity contribution >= 4 is 6.71 Å². The first-order valence-corrected chi connectivity index (χ1v) is 7.66. The molecule has 0 heterocycles. The molecule has 0 aromatic heterocycles. The Morgan fingerprint density at radius 1 is 0.833 bits per heavy atom. The second-order valence-corrected chi connectivity index (χ2v) is 7.78. The van der Waals surface area contributed by atoms with Crippen molar-refractivity contribution in [2.75, 3.05) is 0 Å². The van der Waals surface area contributed by atoms with Crippen molar-refractivity contribution in [1.29, 1.82) is 0 Å². The zero-order chi connectivity index (χ0) is 14.7. The van der Waals surface area contributed by atoms with Crippen LogP contribution >= 0.6 is 0 Å². The van der Waals surface area contributed by atoms with Gasteiger partial charge in [0.2, 0.25) is 0 Å². The normalized spacial score (nSPS) is 15.8. The van der Waals surface area contributed by atoms with Gasteiger partial charge in [-0.3, -0.25) is 0 Å². The van der Waals surface area contributed by atoms with E-state index in [1.165, 1.54) is 5.57 Å². The van der Waals surface area contributed by atoms with Crippen molar-refractivity contribution in [2.45, 2.75) is 86.2 Å². The van der Waals surface area contributed by atoms with Gasteiger partial charge in [0.1, 0.15) is 0 Å². The largest absolute Gasteiger partial charge is 0.157 e. The summed E-state index contributed by atoms with van der Waals surface area (Å²) >= 11 is 0. The maximum Gasteiger partial charge on any atom is 0.157 e. The standard InChI is InChI=1S/C17H35B/c1-12(2)11-17(9,10)18(15(7)13(3)4)16(8)14(5)6/h11,13-16H,1-10H3. The maximum absolute atomic E-state index is 2.48. The van der Waals surface area contributed by atoms with E-state index in [2.05, 4.69) is 75.3 Å². The summed E-state index contributed by atoms with van der Waals surface area (Å²) in [4.78, 5) is 0. The van der Waals surface area contributed by atoms with Gasteiger partial charge in [0.15, 0.2) is 6.71 Å². The summed E-state index contributed by atoms with van der Waals surface area (Å²) in [6, 6.07) is 0. The summed E-state index contributed by atoms with van der Waals surface area (Å²) in [6.45, 7) is 24.4. The molecule has 0 N–H and O–H groups in total. The molecule has 0 aliphatic heterocycles. The third kappa shape index (κ3) is 4.82. The second kappa shape index (κ2) is 6.82. The van der Waals surface area contributed by atoms with Gasteiger partial charge in [-0.1, -0.05) is 90.5 Å². The first-order valence-electron chi connectivity index (χ1n) is 7.66. The Morgan fingerprint density at radius 3 is 1.39 bits per heavy atom. The molecule has 0 aliphatic rings. The van der Waals surface area contributed by atoms with E-state index in [1.54, 1.807) is 0 Å². The fourth-order valence-electron chi connectivity index (χ4n) is 3.50. The van der Waals surface area contributed by atoms with Crippen LogP contribution < -0.4 is 0 Å². The Bertz CT molecular complexity index is 255. The average molecular weight is 250 g/mol. The van der Waals surface area contributed by atoms with E-state index < -0.39 is 0 Å². The Balaban J connectivity index is 5.40. The van der Waals surface area contributed by atoms with E-state index in [9.17, 15) is 0 Å². The SMILES string of the molecule is CC(C)=CC(C)(C)B(C(C)C(C)C)C(C)C(C)C. The summed E-state index contributed by atoms with van der Waals surface area (Å²) < 4.78 is 0. The van der Waals surface area contributed by atoms with Crippen LogP contribution in [0.25, 0.3) is 0 Å². The van der Waals surface area contributed by atoms with Gasteiger partial charge in [0.05, 0.1) is 0 Å². The van der Waals surface area contributed by atoms with E-state index in [0.717, 1.165) is 30.2 Å². The Labute approximate surface area is 117 Å². The molecule has 0 spiro atoms. The van der Waals surface area contributed by atoms with Gasteiger partial charge in [-0.15, -0.1) is 0 Å². The molecule has 0 aliphatic carbocycles. The smallest absolute Gasteiger partial charge is 0.0875 e. The highest BCUT2D eigenvalue weighted by Crippen LogP contribution is 2.47. The number of hydrogen-bond acceptors (Lipinski definition) is 0. The molecule has 0 rings (SSSR count). The molecular weight excluding hydrogens is 215 g/mol. The molecule has 0 fully saturated rings. The summed E-state index contributed by atoms with van der Waals surface area (Å²) in [5, 5.41) is 0.284. The lowest BCUT2D eigenvalue weighted by Crippen LogP contribution is -2.38. The van der Waals surface area contributed by atoms with Crippen molar-refractivity contribution in [2.24, 2.45) is 11.8 Å². The van der Waals surface area contributed by atoms with E-state index in [0.29, 0.717) is 0 Å². The molecule has 1 heteroatoms. The lowest BCUT2D eigenvalue weighted by molar-refractivity contribution is 0.538. The summed E-state index contributed by atoms with van der Waals surface area (Å²) in [6.07, 6.45) is 2.48. The second-order valence-electron chi connectivity index (χ2n) is 7.78. The van der Waals surface area contributed by atoms with Crippen molar-refractivity contribution in [1.82, 2.24) is 0 Å². The quantitative estimate of drug-likeness (QED) is 0.382.